The van der Waals surface area contributed by atoms with Crippen LogP contribution in [0.25, 0.3) is 66.8 Å². The number of rotatable bonds is 6. The van der Waals surface area contributed by atoms with Gasteiger partial charge in [0.1, 0.15) is 0 Å². The van der Waals surface area contributed by atoms with Gasteiger partial charge in [-0.05, 0) is 124 Å². The van der Waals surface area contributed by atoms with Gasteiger partial charge in [-0.3, -0.25) is 0 Å². The zero-order valence-electron chi connectivity index (χ0n) is 30.9. The molecule has 0 fully saturated rings. The van der Waals surface area contributed by atoms with Gasteiger partial charge in [0, 0.05) is 11.8 Å². The molecule has 2 atom stereocenters. The maximum absolute atomic E-state index is 2.56. The van der Waals surface area contributed by atoms with E-state index in [9.17, 15) is 0 Å². The van der Waals surface area contributed by atoms with Gasteiger partial charge < -0.3 is 0 Å². The Balaban J connectivity index is 1.06. The molecule has 11 rings (SSSR count). The Labute approximate surface area is 329 Å². The number of benzene rings is 9. The van der Waals surface area contributed by atoms with Crippen molar-refractivity contribution in [1.82, 2.24) is 0 Å². The number of fused-ring (bicyclic) bond motifs is 6. The summed E-state index contributed by atoms with van der Waals surface area (Å²) in [6.45, 7) is 0. The second-order valence-corrected chi connectivity index (χ2v) is 15.2. The largest absolute Gasteiger partial charge is 0.0622 e. The Hall–Kier alpha value is -7.02. The van der Waals surface area contributed by atoms with Crippen molar-refractivity contribution in [3.63, 3.8) is 0 Å². The van der Waals surface area contributed by atoms with Crippen LogP contribution in [0.2, 0.25) is 0 Å². The van der Waals surface area contributed by atoms with Crippen molar-refractivity contribution in [3.05, 3.63) is 252 Å². The number of hydrogen-bond donors (Lipinski definition) is 0. The lowest BCUT2D eigenvalue weighted by Gasteiger charge is -2.20. The molecule has 0 N–H and O–H groups in total. The van der Waals surface area contributed by atoms with Crippen LogP contribution < -0.4 is 0 Å². The summed E-state index contributed by atoms with van der Waals surface area (Å²) in [5, 5.41) is 0. The van der Waals surface area contributed by atoms with E-state index in [4.69, 9.17) is 0 Å². The number of hydrogen-bond acceptors (Lipinski definition) is 0. The zero-order valence-corrected chi connectivity index (χ0v) is 30.9. The Morgan fingerprint density at radius 2 is 0.554 bits per heavy atom. The molecule has 0 bridgehead atoms. The highest BCUT2D eigenvalue weighted by molar-refractivity contribution is 5.90. The van der Waals surface area contributed by atoms with Crippen LogP contribution in [-0.4, -0.2) is 0 Å². The van der Waals surface area contributed by atoms with E-state index in [1.165, 1.54) is 100 Å². The highest BCUT2D eigenvalue weighted by Crippen LogP contribution is 2.55. The molecule has 9 aromatic carbocycles. The van der Waals surface area contributed by atoms with Gasteiger partial charge >= 0.3 is 0 Å². The third-order valence-corrected chi connectivity index (χ3v) is 12.0. The van der Waals surface area contributed by atoms with E-state index in [1.54, 1.807) is 0 Å². The van der Waals surface area contributed by atoms with Crippen LogP contribution in [0.15, 0.2) is 218 Å². The van der Waals surface area contributed by atoms with Gasteiger partial charge in [-0.25, -0.2) is 0 Å². The van der Waals surface area contributed by atoms with Gasteiger partial charge in [-0.15, -0.1) is 0 Å². The third kappa shape index (κ3) is 5.45. The van der Waals surface area contributed by atoms with Crippen LogP contribution in [0.1, 0.15) is 45.2 Å². The molecule has 2 aliphatic rings. The summed E-state index contributed by atoms with van der Waals surface area (Å²) in [5.74, 6) is 0.278. The highest BCUT2D eigenvalue weighted by Gasteiger charge is 2.36. The lowest BCUT2D eigenvalue weighted by atomic mass is 9.83. The standard InChI is InChI=1S/C56H38/c1-4-16-37(17-5-1)40-22-14-24-42(30-40)55-49-28-12-10-26-47(49)51-35-52-48-27-11-13-29-50(48)56(54(52)36-53(51)55)43-25-15-23-41(31-43)46-33-44(38-18-6-2-7-19-38)32-45(34-46)39-20-8-3-9-21-39/h1-36,55-56H. The molecular formula is C56H38. The second kappa shape index (κ2) is 13.4. The monoisotopic (exact) mass is 710 g/mol. The van der Waals surface area contributed by atoms with E-state index in [1.807, 2.05) is 0 Å². The van der Waals surface area contributed by atoms with E-state index in [0.717, 1.165) is 0 Å². The second-order valence-electron chi connectivity index (χ2n) is 15.2. The molecule has 0 aromatic heterocycles. The molecule has 0 heteroatoms. The average molecular weight is 711 g/mol. The maximum Gasteiger partial charge on any atom is 0.0352 e. The van der Waals surface area contributed by atoms with E-state index >= 15 is 0 Å². The van der Waals surface area contributed by atoms with Gasteiger partial charge in [0.2, 0.25) is 0 Å². The molecule has 0 nitrogen and oxygen atoms in total. The minimum Gasteiger partial charge on any atom is -0.0622 e. The van der Waals surface area contributed by atoms with Crippen molar-refractivity contribution in [2.45, 2.75) is 11.8 Å². The molecule has 0 aliphatic heterocycles. The zero-order chi connectivity index (χ0) is 37.0. The third-order valence-electron chi connectivity index (χ3n) is 12.0. The van der Waals surface area contributed by atoms with E-state index in [0.29, 0.717) is 0 Å². The molecule has 2 aliphatic carbocycles. The van der Waals surface area contributed by atoms with Crippen LogP contribution in [0.5, 0.6) is 0 Å². The van der Waals surface area contributed by atoms with Crippen LogP contribution in [-0.2, 0) is 0 Å². The van der Waals surface area contributed by atoms with Crippen molar-refractivity contribution in [1.29, 1.82) is 0 Å². The molecule has 0 amide bonds. The Bertz CT molecular complexity index is 2840. The minimum atomic E-state index is 0.123. The van der Waals surface area contributed by atoms with Crippen molar-refractivity contribution < 1.29 is 0 Å². The van der Waals surface area contributed by atoms with Crippen LogP contribution in [0.4, 0.5) is 0 Å². The van der Waals surface area contributed by atoms with E-state index in [-0.39, 0.29) is 11.8 Å². The summed E-state index contributed by atoms with van der Waals surface area (Å²) in [6, 6.07) is 81.0. The van der Waals surface area contributed by atoms with Crippen molar-refractivity contribution >= 4 is 0 Å². The van der Waals surface area contributed by atoms with Gasteiger partial charge in [0.05, 0.1) is 0 Å². The van der Waals surface area contributed by atoms with Crippen LogP contribution >= 0.6 is 0 Å². The quantitative estimate of drug-likeness (QED) is 0.161. The molecule has 9 aromatic rings. The van der Waals surface area contributed by atoms with E-state index in [2.05, 4.69) is 218 Å². The highest BCUT2D eigenvalue weighted by atomic mass is 14.4. The van der Waals surface area contributed by atoms with Crippen molar-refractivity contribution in [2.75, 3.05) is 0 Å². The summed E-state index contributed by atoms with van der Waals surface area (Å²) >= 11 is 0. The Kier molecular flexibility index (Phi) is 7.74. The maximum atomic E-state index is 2.56. The molecule has 56 heavy (non-hydrogen) atoms. The van der Waals surface area contributed by atoms with Gasteiger partial charge in [0.25, 0.3) is 0 Å². The topological polar surface area (TPSA) is 0 Å². The lowest BCUT2D eigenvalue weighted by Crippen LogP contribution is -2.03. The summed E-state index contributed by atoms with van der Waals surface area (Å²) < 4.78 is 0. The predicted molar refractivity (Wildman–Crippen MR) is 234 cm³/mol. The minimum absolute atomic E-state index is 0.123. The predicted octanol–water partition coefficient (Wildman–Crippen LogP) is 14.7. The summed E-state index contributed by atoms with van der Waals surface area (Å²) in [6.07, 6.45) is 0. The lowest BCUT2D eigenvalue weighted by molar-refractivity contribution is 0.982. The van der Waals surface area contributed by atoms with Crippen molar-refractivity contribution in [2.24, 2.45) is 0 Å². The normalized spacial score (nSPS) is 14.8. The molecule has 0 spiro atoms. The average Bonchev–Trinajstić information content (AvgIpc) is 3.78. The van der Waals surface area contributed by atoms with Crippen molar-refractivity contribution in [3.8, 4) is 66.8 Å². The summed E-state index contributed by atoms with van der Waals surface area (Å²) in [4.78, 5) is 0. The SMILES string of the molecule is c1ccc(-c2cc(-c3ccccc3)cc(-c3cccc(C4c5ccccc5-c5cc6c(cc54)C(c4cccc(-c5ccccc5)c4)c4ccccc4-6)c3)c2)cc1. The van der Waals surface area contributed by atoms with Gasteiger partial charge in [0.15, 0.2) is 0 Å². The molecule has 0 saturated carbocycles. The first-order valence-electron chi connectivity index (χ1n) is 19.6. The van der Waals surface area contributed by atoms with Gasteiger partial charge in [-0.2, -0.15) is 0 Å². The van der Waals surface area contributed by atoms with Crippen LogP contribution in [0, 0.1) is 0 Å². The first-order chi connectivity index (χ1) is 27.8. The molecule has 2 unspecified atom stereocenters. The Morgan fingerprint density at radius 3 is 1.02 bits per heavy atom. The molecular weight excluding hydrogens is 673 g/mol. The first kappa shape index (κ1) is 32.4. The molecule has 0 radical (unpaired) electrons. The molecule has 0 saturated heterocycles. The fourth-order valence-electron chi connectivity index (χ4n) is 9.43. The molecule has 262 valence electrons. The van der Waals surface area contributed by atoms with Crippen LogP contribution in [0.3, 0.4) is 0 Å². The fraction of sp³-hybridized carbons (Fsp3) is 0.0357. The van der Waals surface area contributed by atoms with Gasteiger partial charge in [-0.1, -0.05) is 194 Å². The smallest absolute Gasteiger partial charge is 0.0352 e. The first-order valence-corrected chi connectivity index (χ1v) is 19.6. The Morgan fingerprint density at radius 1 is 0.196 bits per heavy atom. The fourth-order valence-corrected chi connectivity index (χ4v) is 9.43. The molecule has 0 heterocycles. The summed E-state index contributed by atoms with van der Waals surface area (Å²) in [7, 11) is 0. The van der Waals surface area contributed by atoms with E-state index < -0.39 is 0 Å². The summed E-state index contributed by atoms with van der Waals surface area (Å²) in [5.41, 5.74) is 23.4.